The fourth-order valence-corrected chi connectivity index (χ4v) is 5.20. The van der Waals surface area contributed by atoms with Crippen molar-refractivity contribution in [2.45, 2.75) is 5.34 Å². The lowest BCUT2D eigenvalue weighted by atomic mass is 10.1. The third kappa shape index (κ3) is 1.83. The van der Waals surface area contributed by atoms with Gasteiger partial charge in [0.25, 0.3) is 18.6 Å². The van der Waals surface area contributed by atoms with Crippen LogP contribution in [0.5, 0.6) is 0 Å². The van der Waals surface area contributed by atoms with Crippen LogP contribution in [-0.4, -0.2) is 15.9 Å². The molecule has 6 heteroatoms. The Bertz CT molecular complexity index is 1030. The summed E-state index contributed by atoms with van der Waals surface area (Å²) in [6.07, 6.45) is 0. The Balaban J connectivity index is 2.01. The molecule has 1 aliphatic rings. The molecule has 0 saturated carbocycles. The SMILES string of the molecule is O=C1Nc2ccccc2C1(O)P(=O)(O)c1cccc2ccccc12. The van der Waals surface area contributed by atoms with Crippen LogP contribution < -0.4 is 10.6 Å². The van der Waals surface area contributed by atoms with Crippen molar-refractivity contribution in [1.82, 2.24) is 0 Å². The Labute approximate surface area is 138 Å². The maximum atomic E-state index is 13.4. The molecule has 3 N–H and O–H groups in total. The molecule has 1 aliphatic heterocycles. The van der Waals surface area contributed by atoms with Gasteiger partial charge >= 0.3 is 0 Å². The van der Waals surface area contributed by atoms with Crippen molar-refractivity contribution in [1.29, 1.82) is 0 Å². The molecule has 120 valence electrons. The number of fused-ring (bicyclic) bond motifs is 2. The van der Waals surface area contributed by atoms with E-state index < -0.39 is 18.6 Å². The van der Waals surface area contributed by atoms with E-state index in [4.69, 9.17) is 0 Å². The Morgan fingerprint density at radius 3 is 2.42 bits per heavy atom. The first kappa shape index (κ1) is 15.1. The van der Waals surface area contributed by atoms with Crippen LogP contribution in [0, 0.1) is 0 Å². The highest BCUT2D eigenvalue weighted by Gasteiger charge is 2.59. The van der Waals surface area contributed by atoms with Crippen LogP contribution in [0.2, 0.25) is 0 Å². The van der Waals surface area contributed by atoms with E-state index in [2.05, 4.69) is 5.32 Å². The minimum Gasteiger partial charge on any atom is -0.368 e. The summed E-state index contributed by atoms with van der Waals surface area (Å²) in [4.78, 5) is 23.3. The number of hydrogen-bond donors (Lipinski definition) is 3. The number of hydrogen-bond acceptors (Lipinski definition) is 3. The van der Waals surface area contributed by atoms with E-state index in [9.17, 15) is 19.4 Å². The topological polar surface area (TPSA) is 86.6 Å². The van der Waals surface area contributed by atoms with Crippen molar-refractivity contribution in [3.8, 4) is 0 Å². The average molecular weight is 339 g/mol. The van der Waals surface area contributed by atoms with E-state index in [0.29, 0.717) is 11.1 Å². The van der Waals surface area contributed by atoms with E-state index in [1.165, 1.54) is 12.1 Å². The predicted molar refractivity (Wildman–Crippen MR) is 92.4 cm³/mol. The van der Waals surface area contributed by atoms with Crippen molar-refractivity contribution in [2.75, 3.05) is 5.32 Å². The summed E-state index contributed by atoms with van der Waals surface area (Å²) >= 11 is 0. The lowest BCUT2D eigenvalue weighted by molar-refractivity contribution is -0.126. The van der Waals surface area contributed by atoms with Gasteiger partial charge in [-0.25, -0.2) is 0 Å². The first-order valence-corrected chi connectivity index (χ1v) is 9.07. The maximum Gasteiger partial charge on any atom is 0.275 e. The smallest absolute Gasteiger partial charge is 0.275 e. The number of para-hydroxylation sites is 1. The van der Waals surface area contributed by atoms with Gasteiger partial charge in [0.15, 0.2) is 0 Å². The molecule has 0 aliphatic carbocycles. The number of anilines is 1. The number of aliphatic hydroxyl groups is 1. The van der Waals surface area contributed by atoms with E-state index in [1.54, 1.807) is 36.4 Å². The molecule has 3 aromatic rings. The highest BCUT2D eigenvalue weighted by molar-refractivity contribution is 7.68. The van der Waals surface area contributed by atoms with Crippen LogP contribution in [0.15, 0.2) is 66.7 Å². The maximum absolute atomic E-state index is 13.4. The first-order chi connectivity index (χ1) is 11.5. The fourth-order valence-electron chi connectivity index (χ4n) is 3.18. The van der Waals surface area contributed by atoms with Crippen LogP contribution in [0.3, 0.4) is 0 Å². The molecule has 3 aromatic carbocycles. The van der Waals surface area contributed by atoms with Crippen LogP contribution in [0.25, 0.3) is 10.8 Å². The van der Waals surface area contributed by atoms with Crippen LogP contribution in [-0.2, 0) is 14.7 Å². The molecule has 4 rings (SSSR count). The summed E-state index contributed by atoms with van der Waals surface area (Å²) in [6, 6.07) is 18.4. The number of carbonyl (C=O) groups is 1. The van der Waals surface area contributed by atoms with Crippen molar-refractivity contribution >= 4 is 35.0 Å². The second-order valence-electron chi connectivity index (χ2n) is 5.75. The standard InChI is InChI=1S/C18H14NO4P/c20-17-18(21,14-9-3-4-10-15(14)19-17)24(22,23)16-11-5-7-12-6-1-2-8-13(12)16/h1-11,21H,(H,19,20)(H,22,23). The molecule has 2 unspecified atom stereocenters. The van der Waals surface area contributed by atoms with Crippen LogP contribution in [0.1, 0.15) is 5.56 Å². The molecule has 0 aromatic heterocycles. The van der Waals surface area contributed by atoms with Gasteiger partial charge in [-0.3, -0.25) is 9.36 Å². The van der Waals surface area contributed by atoms with E-state index in [-0.39, 0.29) is 10.9 Å². The Morgan fingerprint density at radius 2 is 1.58 bits per heavy atom. The van der Waals surface area contributed by atoms with Gasteiger partial charge in [0.05, 0.1) is 0 Å². The van der Waals surface area contributed by atoms with Gasteiger partial charge in [-0.1, -0.05) is 54.6 Å². The van der Waals surface area contributed by atoms with Gasteiger partial charge in [-0.05, 0) is 22.9 Å². The molecule has 0 fully saturated rings. The highest BCUT2D eigenvalue weighted by Crippen LogP contribution is 2.62. The predicted octanol–water partition coefficient (Wildman–Crippen LogP) is 2.53. The van der Waals surface area contributed by atoms with Gasteiger partial charge in [-0.15, -0.1) is 0 Å². The summed E-state index contributed by atoms with van der Waals surface area (Å²) in [6.45, 7) is 0. The molecule has 5 nitrogen and oxygen atoms in total. The molecule has 0 spiro atoms. The normalized spacial score (nSPS) is 22.0. The summed E-state index contributed by atoms with van der Waals surface area (Å²) in [5.41, 5.74) is 0.466. The van der Waals surface area contributed by atoms with Gasteiger partial charge in [0.2, 0.25) is 0 Å². The molecule has 24 heavy (non-hydrogen) atoms. The van der Waals surface area contributed by atoms with E-state index in [0.717, 1.165) is 5.39 Å². The third-order valence-corrected chi connectivity index (χ3v) is 6.76. The van der Waals surface area contributed by atoms with Gasteiger partial charge < -0.3 is 15.3 Å². The molecular weight excluding hydrogens is 325 g/mol. The van der Waals surface area contributed by atoms with Crippen molar-refractivity contribution < 1.29 is 19.4 Å². The zero-order chi connectivity index (χ0) is 16.9. The minimum atomic E-state index is -4.49. The lowest BCUT2D eigenvalue weighted by Gasteiger charge is -2.27. The van der Waals surface area contributed by atoms with Gasteiger partial charge in [-0.2, -0.15) is 0 Å². The second-order valence-corrected chi connectivity index (χ2v) is 8.03. The summed E-state index contributed by atoms with van der Waals surface area (Å²) < 4.78 is 13.4. The Hall–Kier alpha value is -2.46. The highest BCUT2D eigenvalue weighted by atomic mass is 31.2. The zero-order valence-corrected chi connectivity index (χ0v) is 13.4. The first-order valence-electron chi connectivity index (χ1n) is 7.41. The number of benzene rings is 3. The number of nitrogens with one attached hydrogen (secondary N) is 1. The summed E-state index contributed by atoms with van der Waals surface area (Å²) in [5, 5.41) is 12.4. The number of rotatable bonds is 2. The van der Waals surface area contributed by atoms with Gasteiger partial charge in [0.1, 0.15) is 0 Å². The quantitative estimate of drug-likeness (QED) is 0.626. The average Bonchev–Trinajstić information content (AvgIpc) is 2.87. The van der Waals surface area contributed by atoms with E-state index in [1.807, 2.05) is 18.2 Å². The van der Waals surface area contributed by atoms with Crippen LogP contribution >= 0.6 is 7.37 Å². The Kier molecular flexibility index (Phi) is 3.15. The monoisotopic (exact) mass is 339 g/mol. The number of carbonyl (C=O) groups excluding carboxylic acids is 1. The third-order valence-electron chi connectivity index (χ3n) is 4.40. The van der Waals surface area contributed by atoms with Gasteiger partial charge in [0, 0.05) is 16.6 Å². The molecule has 1 amide bonds. The number of amides is 1. The van der Waals surface area contributed by atoms with Crippen molar-refractivity contribution in [2.24, 2.45) is 0 Å². The molecule has 2 atom stereocenters. The van der Waals surface area contributed by atoms with E-state index >= 15 is 0 Å². The van der Waals surface area contributed by atoms with Crippen molar-refractivity contribution in [3.63, 3.8) is 0 Å². The minimum absolute atomic E-state index is 0.0648. The summed E-state index contributed by atoms with van der Waals surface area (Å²) in [7, 11) is -4.49. The fraction of sp³-hybridized carbons (Fsp3) is 0.0556. The summed E-state index contributed by atoms with van der Waals surface area (Å²) in [5.74, 6) is -0.887. The second kappa shape index (κ2) is 5.02. The zero-order valence-electron chi connectivity index (χ0n) is 12.5. The molecular formula is C18H14NO4P. The molecule has 0 bridgehead atoms. The van der Waals surface area contributed by atoms with Crippen LogP contribution in [0.4, 0.5) is 5.69 Å². The largest absolute Gasteiger partial charge is 0.368 e. The molecule has 1 heterocycles. The lowest BCUT2D eigenvalue weighted by Crippen LogP contribution is -2.37. The Morgan fingerprint density at radius 1 is 0.917 bits per heavy atom. The van der Waals surface area contributed by atoms with Crippen molar-refractivity contribution in [3.05, 3.63) is 72.3 Å². The molecule has 0 saturated heterocycles. The molecule has 0 radical (unpaired) electrons.